The predicted molar refractivity (Wildman–Crippen MR) is 82.1 cm³/mol. The average Bonchev–Trinajstić information content (AvgIpc) is 3.11. The number of aliphatic hydroxyl groups is 1. The van der Waals surface area contributed by atoms with Crippen LogP contribution in [0.15, 0.2) is 42.0 Å². The molecule has 0 bridgehead atoms. The van der Waals surface area contributed by atoms with Crippen molar-refractivity contribution in [3.8, 4) is 0 Å². The fourth-order valence-corrected chi connectivity index (χ4v) is 3.51. The summed E-state index contributed by atoms with van der Waals surface area (Å²) < 4.78 is 0. The number of nitrogens with zero attached hydrogens (tertiary/aromatic N) is 2. The van der Waals surface area contributed by atoms with Crippen LogP contribution in [0, 0.1) is 0 Å². The van der Waals surface area contributed by atoms with Crippen molar-refractivity contribution in [3.05, 3.63) is 52.5 Å². The molecule has 3 heterocycles. The number of likely N-dealkylation sites (tertiary alicyclic amines) is 1. The molecular weight excluding hydrogens is 284 g/mol. The SMILES string of the molecule is O=C(Cc1cccs1)N1CC[C@@H](O)[C@@H]1Cc1cccnc1. The van der Waals surface area contributed by atoms with E-state index in [1.54, 1.807) is 23.7 Å². The van der Waals surface area contributed by atoms with Gasteiger partial charge in [-0.2, -0.15) is 0 Å². The second kappa shape index (κ2) is 6.37. The number of hydrogen-bond donors (Lipinski definition) is 1. The molecule has 1 saturated heterocycles. The maximum absolute atomic E-state index is 12.5. The van der Waals surface area contributed by atoms with Crippen LogP contribution in [0.4, 0.5) is 0 Å². The van der Waals surface area contributed by atoms with Crippen molar-refractivity contribution in [2.24, 2.45) is 0 Å². The Hall–Kier alpha value is -1.72. The van der Waals surface area contributed by atoms with E-state index in [2.05, 4.69) is 4.98 Å². The summed E-state index contributed by atoms with van der Waals surface area (Å²) in [7, 11) is 0. The maximum Gasteiger partial charge on any atom is 0.228 e. The molecule has 1 aliphatic rings. The number of hydrogen-bond acceptors (Lipinski definition) is 4. The van der Waals surface area contributed by atoms with E-state index in [0.29, 0.717) is 25.8 Å². The zero-order valence-corrected chi connectivity index (χ0v) is 12.5. The highest BCUT2D eigenvalue weighted by Gasteiger charge is 2.35. The van der Waals surface area contributed by atoms with Crippen LogP contribution in [0.3, 0.4) is 0 Å². The van der Waals surface area contributed by atoms with Gasteiger partial charge in [0.1, 0.15) is 0 Å². The molecule has 5 heteroatoms. The van der Waals surface area contributed by atoms with E-state index in [9.17, 15) is 9.90 Å². The van der Waals surface area contributed by atoms with Crippen molar-refractivity contribution in [1.29, 1.82) is 0 Å². The number of thiophene rings is 1. The first kappa shape index (κ1) is 14.2. The van der Waals surface area contributed by atoms with Crippen molar-refractivity contribution in [3.63, 3.8) is 0 Å². The Morgan fingerprint density at radius 3 is 3.05 bits per heavy atom. The Morgan fingerprint density at radius 1 is 1.43 bits per heavy atom. The van der Waals surface area contributed by atoms with E-state index in [1.165, 1.54) is 0 Å². The Bertz CT molecular complexity index is 586. The number of carbonyl (C=O) groups excluding carboxylic acids is 1. The Balaban J connectivity index is 1.70. The van der Waals surface area contributed by atoms with Gasteiger partial charge in [0.15, 0.2) is 0 Å². The van der Waals surface area contributed by atoms with E-state index in [4.69, 9.17) is 0 Å². The van der Waals surface area contributed by atoms with Crippen LogP contribution in [0.5, 0.6) is 0 Å². The molecule has 0 saturated carbocycles. The molecule has 0 spiro atoms. The summed E-state index contributed by atoms with van der Waals surface area (Å²) in [4.78, 5) is 19.5. The Kier molecular flexibility index (Phi) is 4.31. The van der Waals surface area contributed by atoms with Crippen molar-refractivity contribution in [1.82, 2.24) is 9.88 Å². The van der Waals surface area contributed by atoms with Gasteiger partial charge in [-0.25, -0.2) is 0 Å². The number of carbonyl (C=O) groups is 1. The van der Waals surface area contributed by atoms with Crippen LogP contribution >= 0.6 is 11.3 Å². The first-order valence-electron chi connectivity index (χ1n) is 7.13. The van der Waals surface area contributed by atoms with Crippen molar-refractivity contribution in [2.45, 2.75) is 31.4 Å². The van der Waals surface area contributed by atoms with Gasteiger partial charge in [0.05, 0.1) is 18.6 Å². The van der Waals surface area contributed by atoms with Crippen LogP contribution in [-0.2, 0) is 17.6 Å². The van der Waals surface area contributed by atoms with Crippen LogP contribution in [0.25, 0.3) is 0 Å². The van der Waals surface area contributed by atoms with Crippen LogP contribution in [0.2, 0.25) is 0 Å². The summed E-state index contributed by atoms with van der Waals surface area (Å²) in [5, 5.41) is 12.2. The summed E-state index contributed by atoms with van der Waals surface area (Å²) in [5.41, 5.74) is 1.05. The van der Waals surface area contributed by atoms with E-state index < -0.39 is 6.10 Å². The highest BCUT2D eigenvalue weighted by atomic mass is 32.1. The average molecular weight is 302 g/mol. The minimum atomic E-state index is -0.447. The molecule has 4 nitrogen and oxygen atoms in total. The summed E-state index contributed by atoms with van der Waals surface area (Å²) in [6.07, 6.45) is 4.82. The smallest absolute Gasteiger partial charge is 0.228 e. The van der Waals surface area contributed by atoms with Gasteiger partial charge >= 0.3 is 0 Å². The molecule has 0 unspecified atom stereocenters. The lowest BCUT2D eigenvalue weighted by atomic mass is 10.0. The van der Waals surface area contributed by atoms with Gasteiger partial charge in [-0.15, -0.1) is 11.3 Å². The second-order valence-electron chi connectivity index (χ2n) is 5.33. The van der Waals surface area contributed by atoms with E-state index in [-0.39, 0.29) is 11.9 Å². The molecule has 1 aliphatic heterocycles. The molecule has 1 amide bonds. The summed E-state index contributed by atoms with van der Waals surface area (Å²) in [6, 6.07) is 7.67. The highest BCUT2D eigenvalue weighted by Crippen LogP contribution is 2.23. The fraction of sp³-hybridized carbons (Fsp3) is 0.375. The normalized spacial score (nSPS) is 21.7. The third-order valence-electron chi connectivity index (χ3n) is 3.90. The van der Waals surface area contributed by atoms with Crippen molar-refractivity contribution in [2.75, 3.05) is 6.54 Å². The molecule has 1 N–H and O–H groups in total. The molecule has 1 fully saturated rings. The van der Waals surface area contributed by atoms with E-state index in [0.717, 1.165) is 10.4 Å². The number of rotatable bonds is 4. The van der Waals surface area contributed by atoms with Crippen LogP contribution < -0.4 is 0 Å². The molecule has 0 aromatic carbocycles. The Morgan fingerprint density at radius 2 is 2.33 bits per heavy atom. The molecule has 0 radical (unpaired) electrons. The minimum Gasteiger partial charge on any atom is -0.391 e. The zero-order chi connectivity index (χ0) is 14.7. The lowest BCUT2D eigenvalue weighted by Gasteiger charge is -2.26. The number of aliphatic hydroxyl groups excluding tert-OH is 1. The topological polar surface area (TPSA) is 53.4 Å². The zero-order valence-electron chi connectivity index (χ0n) is 11.7. The van der Waals surface area contributed by atoms with Crippen molar-refractivity contribution >= 4 is 17.2 Å². The third kappa shape index (κ3) is 3.31. The van der Waals surface area contributed by atoms with Crippen molar-refractivity contribution < 1.29 is 9.90 Å². The van der Waals surface area contributed by atoms with Gasteiger partial charge in [0.25, 0.3) is 0 Å². The first-order chi connectivity index (χ1) is 10.2. The largest absolute Gasteiger partial charge is 0.391 e. The molecular formula is C16H18N2O2S. The quantitative estimate of drug-likeness (QED) is 0.938. The van der Waals surface area contributed by atoms with Gasteiger partial charge in [0.2, 0.25) is 5.91 Å². The minimum absolute atomic E-state index is 0.0999. The summed E-state index contributed by atoms with van der Waals surface area (Å²) in [6.45, 7) is 0.635. The lowest BCUT2D eigenvalue weighted by molar-refractivity contribution is -0.132. The van der Waals surface area contributed by atoms with E-state index in [1.807, 2.05) is 34.5 Å². The van der Waals surface area contributed by atoms with Gasteiger partial charge in [-0.1, -0.05) is 12.1 Å². The van der Waals surface area contributed by atoms with E-state index >= 15 is 0 Å². The maximum atomic E-state index is 12.5. The fourth-order valence-electron chi connectivity index (χ4n) is 2.82. The summed E-state index contributed by atoms with van der Waals surface area (Å²) in [5.74, 6) is 0.0999. The number of aromatic nitrogens is 1. The van der Waals surface area contributed by atoms with Crippen LogP contribution in [0.1, 0.15) is 16.9 Å². The van der Waals surface area contributed by atoms with Gasteiger partial charge < -0.3 is 10.0 Å². The van der Waals surface area contributed by atoms with Gasteiger partial charge in [-0.05, 0) is 35.9 Å². The lowest BCUT2D eigenvalue weighted by Crippen LogP contribution is -2.41. The van der Waals surface area contributed by atoms with Crippen LogP contribution in [-0.4, -0.2) is 39.6 Å². The predicted octanol–water partition coefficient (Wildman–Crippen LogP) is 1.89. The second-order valence-corrected chi connectivity index (χ2v) is 6.36. The van der Waals surface area contributed by atoms with Gasteiger partial charge in [0, 0.05) is 23.8 Å². The molecule has 2 aromatic heterocycles. The molecule has 110 valence electrons. The number of pyridine rings is 1. The standard InChI is InChI=1S/C16H18N2O2S/c19-15-5-7-18(16(20)10-13-4-2-8-21-13)14(15)9-12-3-1-6-17-11-12/h1-4,6,8,11,14-15,19H,5,7,9-10H2/t14-,15+/m0/s1. The number of amides is 1. The molecule has 3 rings (SSSR count). The first-order valence-corrected chi connectivity index (χ1v) is 8.01. The third-order valence-corrected chi connectivity index (χ3v) is 4.78. The molecule has 2 aromatic rings. The molecule has 2 atom stereocenters. The highest BCUT2D eigenvalue weighted by molar-refractivity contribution is 7.10. The van der Waals surface area contributed by atoms with Gasteiger partial charge in [-0.3, -0.25) is 9.78 Å². The molecule has 21 heavy (non-hydrogen) atoms. The Labute approximate surface area is 128 Å². The monoisotopic (exact) mass is 302 g/mol. The molecule has 0 aliphatic carbocycles. The summed E-state index contributed by atoms with van der Waals surface area (Å²) >= 11 is 1.60.